The van der Waals surface area contributed by atoms with Crippen LogP contribution in [-0.2, 0) is 4.79 Å². The highest BCUT2D eigenvalue weighted by atomic mass is 16.4. The summed E-state index contributed by atoms with van der Waals surface area (Å²) in [5.41, 5.74) is 0.299. The zero-order valence-corrected chi connectivity index (χ0v) is 21.0. The third kappa shape index (κ3) is 2.89. The molecule has 4 saturated carbocycles. The molecule has 31 heavy (non-hydrogen) atoms. The Morgan fingerprint density at radius 1 is 1.00 bits per heavy atom. The lowest BCUT2D eigenvalue weighted by atomic mass is 9.33. The third-order valence-electron chi connectivity index (χ3n) is 12.1. The highest BCUT2D eigenvalue weighted by molar-refractivity contribution is 5.76. The number of carboxylic acids is 1. The Balaban J connectivity index is 1.75. The van der Waals surface area contributed by atoms with Gasteiger partial charge in [0.25, 0.3) is 0 Å². The number of nitrogens with one attached hydrogen (secondary N) is 1. The van der Waals surface area contributed by atoms with Gasteiger partial charge in [-0.15, -0.1) is 0 Å². The maximum absolute atomic E-state index is 12.5. The fraction of sp³-hybridized carbons (Fsp3) is 0.929. The molecule has 3 nitrogen and oxygen atoms in total. The predicted octanol–water partition coefficient (Wildman–Crippen LogP) is 7.58. The number of fused-ring (bicyclic) bond motifs is 5. The van der Waals surface area contributed by atoms with Gasteiger partial charge in [0.05, 0.1) is 5.41 Å². The van der Waals surface area contributed by atoms with E-state index >= 15 is 0 Å². The minimum absolute atomic E-state index is 0.0561. The standard InChI is InChI=1S/C28H47NO2/c1-7-13-25(4)21(24(2,3)18-29)12-15-27(6)22(25)11-10-19-20-9-8-14-28(20,23(30)31)17-16-26(19,27)5/h18-22,29H,7-17H2,1-6H3,(H,30,31)/t19?,20-,21+,22-,25?,26-,27?,28?/m1/s1. The van der Waals surface area contributed by atoms with E-state index in [-0.39, 0.29) is 21.7 Å². The third-order valence-corrected chi connectivity index (χ3v) is 12.1. The zero-order chi connectivity index (χ0) is 22.9. The average molecular weight is 430 g/mol. The smallest absolute Gasteiger partial charge is 0.309 e. The normalized spacial score (nSPS) is 49.6. The summed E-state index contributed by atoms with van der Waals surface area (Å²) in [4.78, 5) is 12.5. The number of hydrogen-bond acceptors (Lipinski definition) is 2. The molecule has 4 unspecified atom stereocenters. The van der Waals surface area contributed by atoms with Crippen LogP contribution in [-0.4, -0.2) is 17.3 Å². The molecule has 4 rings (SSSR count). The van der Waals surface area contributed by atoms with Crippen molar-refractivity contribution in [2.24, 2.45) is 50.7 Å². The van der Waals surface area contributed by atoms with Gasteiger partial charge in [-0.1, -0.05) is 54.4 Å². The second-order valence-electron chi connectivity index (χ2n) is 13.3. The van der Waals surface area contributed by atoms with Crippen LogP contribution in [0.25, 0.3) is 0 Å². The van der Waals surface area contributed by atoms with E-state index in [2.05, 4.69) is 41.5 Å². The van der Waals surface area contributed by atoms with E-state index < -0.39 is 11.4 Å². The summed E-state index contributed by atoms with van der Waals surface area (Å²) < 4.78 is 0. The maximum Gasteiger partial charge on any atom is 0.309 e. The fourth-order valence-corrected chi connectivity index (χ4v) is 10.5. The molecule has 0 amide bonds. The molecular weight excluding hydrogens is 382 g/mol. The van der Waals surface area contributed by atoms with E-state index in [0.717, 1.165) is 32.1 Å². The Hall–Kier alpha value is -0.860. The Labute approximate surface area is 190 Å². The highest BCUT2D eigenvalue weighted by Gasteiger charge is 2.69. The van der Waals surface area contributed by atoms with E-state index in [1.165, 1.54) is 38.5 Å². The van der Waals surface area contributed by atoms with Gasteiger partial charge in [-0.3, -0.25) is 4.79 Å². The topological polar surface area (TPSA) is 61.1 Å². The van der Waals surface area contributed by atoms with Crippen molar-refractivity contribution in [1.29, 1.82) is 5.41 Å². The van der Waals surface area contributed by atoms with E-state index in [1.807, 2.05) is 0 Å². The predicted molar refractivity (Wildman–Crippen MR) is 127 cm³/mol. The molecule has 4 fully saturated rings. The first-order valence-corrected chi connectivity index (χ1v) is 13.2. The SMILES string of the molecule is CCCC1(C)[C@H]2CCC3[C@H]4CCCC4(C(=O)O)CC[C@@]3(C)C2(C)CC[C@H]1C(C)(C)C=N. The first-order chi connectivity index (χ1) is 14.4. The van der Waals surface area contributed by atoms with Crippen molar-refractivity contribution in [1.82, 2.24) is 0 Å². The molecule has 4 aliphatic carbocycles. The number of aliphatic carboxylic acids is 1. The van der Waals surface area contributed by atoms with Gasteiger partial charge in [0.15, 0.2) is 0 Å². The minimum atomic E-state index is -0.503. The van der Waals surface area contributed by atoms with Crippen molar-refractivity contribution < 1.29 is 9.90 Å². The summed E-state index contributed by atoms with van der Waals surface area (Å²) in [5, 5.41) is 18.4. The molecule has 4 aliphatic rings. The molecule has 0 aromatic rings. The largest absolute Gasteiger partial charge is 0.481 e. The van der Waals surface area contributed by atoms with E-state index in [9.17, 15) is 9.90 Å². The first-order valence-electron chi connectivity index (χ1n) is 13.2. The van der Waals surface area contributed by atoms with Crippen molar-refractivity contribution in [2.45, 2.75) is 112 Å². The van der Waals surface area contributed by atoms with Crippen LogP contribution in [0.1, 0.15) is 112 Å². The van der Waals surface area contributed by atoms with Crippen LogP contribution in [0.4, 0.5) is 0 Å². The summed E-state index contributed by atoms with van der Waals surface area (Å²) in [5.74, 6) is 1.69. The maximum atomic E-state index is 12.5. The molecule has 8 atom stereocenters. The van der Waals surface area contributed by atoms with Gasteiger partial charge in [0, 0.05) is 11.6 Å². The second kappa shape index (κ2) is 7.32. The van der Waals surface area contributed by atoms with Crippen LogP contribution < -0.4 is 0 Å². The van der Waals surface area contributed by atoms with Gasteiger partial charge in [0.2, 0.25) is 0 Å². The molecule has 0 spiro atoms. The Morgan fingerprint density at radius 2 is 1.71 bits per heavy atom. The summed E-state index contributed by atoms with van der Waals surface area (Å²) in [6.07, 6.45) is 14.2. The molecule has 176 valence electrons. The molecule has 0 bridgehead atoms. The summed E-state index contributed by atoms with van der Waals surface area (Å²) in [6.45, 7) is 14.7. The number of carboxylic acid groups (broad SMARTS) is 1. The van der Waals surface area contributed by atoms with E-state index in [0.29, 0.717) is 23.7 Å². The molecule has 2 N–H and O–H groups in total. The lowest BCUT2D eigenvalue weighted by Crippen LogP contribution is -2.65. The number of rotatable bonds is 5. The van der Waals surface area contributed by atoms with Gasteiger partial charge in [-0.25, -0.2) is 0 Å². The first kappa shape index (κ1) is 23.3. The van der Waals surface area contributed by atoms with Crippen LogP contribution in [0, 0.1) is 56.2 Å². The quantitative estimate of drug-likeness (QED) is 0.442. The lowest BCUT2D eigenvalue weighted by Gasteiger charge is -2.71. The highest BCUT2D eigenvalue weighted by Crippen LogP contribution is 2.75. The Morgan fingerprint density at radius 3 is 2.32 bits per heavy atom. The Kier molecular flexibility index (Phi) is 5.50. The van der Waals surface area contributed by atoms with Crippen LogP contribution >= 0.6 is 0 Å². The second-order valence-corrected chi connectivity index (χ2v) is 13.3. The molecule has 3 heteroatoms. The number of hydrogen-bond donors (Lipinski definition) is 2. The van der Waals surface area contributed by atoms with E-state index in [1.54, 1.807) is 6.21 Å². The summed E-state index contributed by atoms with van der Waals surface area (Å²) >= 11 is 0. The summed E-state index contributed by atoms with van der Waals surface area (Å²) in [7, 11) is 0. The molecule has 0 saturated heterocycles. The van der Waals surface area contributed by atoms with Gasteiger partial charge in [0.1, 0.15) is 0 Å². The molecule has 0 aromatic carbocycles. The van der Waals surface area contributed by atoms with Gasteiger partial charge in [-0.05, 0) is 97.7 Å². The fourth-order valence-electron chi connectivity index (χ4n) is 10.5. The van der Waals surface area contributed by atoms with Gasteiger partial charge >= 0.3 is 5.97 Å². The van der Waals surface area contributed by atoms with E-state index in [4.69, 9.17) is 5.41 Å². The molecule has 0 heterocycles. The van der Waals surface area contributed by atoms with Crippen molar-refractivity contribution in [3.63, 3.8) is 0 Å². The summed E-state index contributed by atoms with van der Waals surface area (Å²) in [6, 6.07) is 0. The number of carbonyl (C=O) groups is 1. The van der Waals surface area contributed by atoms with Crippen molar-refractivity contribution in [2.75, 3.05) is 0 Å². The minimum Gasteiger partial charge on any atom is -0.481 e. The van der Waals surface area contributed by atoms with Crippen molar-refractivity contribution >= 4 is 12.2 Å². The molecule has 0 aromatic heterocycles. The Bertz CT molecular complexity index is 745. The monoisotopic (exact) mass is 429 g/mol. The van der Waals surface area contributed by atoms with Crippen LogP contribution in [0.2, 0.25) is 0 Å². The van der Waals surface area contributed by atoms with Crippen LogP contribution in [0.5, 0.6) is 0 Å². The van der Waals surface area contributed by atoms with Crippen molar-refractivity contribution in [3.8, 4) is 0 Å². The lowest BCUT2D eigenvalue weighted by molar-refractivity contribution is -0.225. The van der Waals surface area contributed by atoms with Crippen molar-refractivity contribution in [3.05, 3.63) is 0 Å². The molecular formula is C28H47NO2. The zero-order valence-electron chi connectivity index (χ0n) is 21.0. The van der Waals surface area contributed by atoms with Crippen LogP contribution in [0.3, 0.4) is 0 Å². The average Bonchev–Trinajstić information content (AvgIpc) is 3.14. The molecule has 0 aliphatic heterocycles. The van der Waals surface area contributed by atoms with Gasteiger partial charge in [-0.2, -0.15) is 0 Å². The van der Waals surface area contributed by atoms with Crippen LogP contribution in [0.15, 0.2) is 0 Å². The molecule has 0 radical (unpaired) electrons. The van der Waals surface area contributed by atoms with Gasteiger partial charge < -0.3 is 10.5 Å².